The van der Waals surface area contributed by atoms with Crippen molar-refractivity contribution in [3.63, 3.8) is 0 Å². The van der Waals surface area contributed by atoms with Crippen LogP contribution < -0.4 is 44.2 Å². The number of halogens is 4. The summed E-state index contributed by atoms with van der Waals surface area (Å²) in [5, 5.41) is 12.1. The van der Waals surface area contributed by atoms with Crippen LogP contribution in [0.25, 0.3) is 44.5 Å². The Bertz CT molecular complexity index is 7970. The number of amides is 4. The quantitative estimate of drug-likeness (QED) is 0.0417. The van der Waals surface area contributed by atoms with Gasteiger partial charge in [0, 0.05) is 71.2 Å². The Kier molecular flexibility index (Phi) is 23.6. The number of rotatable bonds is 16. The lowest BCUT2D eigenvalue weighted by Gasteiger charge is -2.25. The van der Waals surface area contributed by atoms with Crippen LogP contribution in [0.2, 0.25) is 0 Å². The Hall–Kier alpha value is -16.1. The maximum Gasteiger partial charge on any atom is 0.251 e. The predicted octanol–water partition coefficient (Wildman–Crippen LogP) is 22.9. The molecule has 720 valence electrons. The van der Waals surface area contributed by atoms with E-state index in [0.29, 0.717) is 71.7 Å². The number of carbonyl (C=O) groups excluding carboxylic acids is 4. The van der Waals surface area contributed by atoms with Gasteiger partial charge in [0.05, 0.1) is 0 Å². The summed E-state index contributed by atoms with van der Waals surface area (Å²) in [4.78, 5) is 69.5. The molecule has 8 aliphatic heterocycles. The van der Waals surface area contributed by atoms with Crippen LogP contribution in [-0.2, 0) is 67.5 Å². The molecule has 24 rings (SSSR count). The van der Waals surface area contributed by atoms with Gasteiger partial charge in [-0.2, -0.15) is 0 Å². The molecule has 0 radical (unpaired) electrons. The van der Waals surface area contributed by atoms with Crippen LogP contribution in [0.4, 0.5) is 40.8 Å². The maximum absolute atomic E-state index is 13.4. The molecule has 12 aromatic carbocycles. The third-order valence-electron chi connectivity index (χ3n) is 30.0. The van der Waals surface area contributed by atoms with Crippen molar-refractivity contribution in [2.75, 3.05) is 22.9 Å². The number of nitrogens with one attached hydrogen (secondary N) is 4. The third kappa shape index (κ3) is 16.6. The second kappa shape index (κ2) is 36.1. The zero-order chi connectivity index (χ0) is 101. The number of fused-ring (bicyclic) bond motifs is 32. The number of anilines is 4. The van der Waals surface area contributed by atoms with E-state index >= 15 is 0 Å². The summed E-state index contributed by atoms with van der Waals surface area (Å²) in [5.41, 5.74) is 59.5. The van der Waals surface area contributed by atoms with Gasteiger partial charge < -0.3 is 63.1 Å². The molecule has 24 heteroatoms. The van der Waals surface area contributed by atoms with Crippen LogP contribution in [0.3, 0.4) is 0 Å². The van der Waals surface area contributed by atoms with Gasteiger partial charge in [0.15, 0.2) is 0 Å². The number of aryl methyl sites for hydroxylation is 8. The minimum atomic E-state index is -0.657. The molecule has 0 saturated carbocycles. The van der Waals surface area contributed by atoms with E-state index in [1.54, 1.807) is 48.5 Å². The van der Waals surface area contributed by atoms with E-state index in [2.05, 4.69) is 130 Å². The number of nitrogens with zero attached hydrogens (tertiary/aromatic N) is 4. The Labute approximate surface area is 831 Å². The van der Waals surface area contributed by atoms with Crippen LogP contribution in [0.15, 0.2) is 267 Å². The average molecular weight is 1920 g/mol. The number of hydrogen-bond acceptors (Lipinski definition) is 16. The lowest BCUT2D eigenvalue weighted by atomic mass is 9.77. The second-order valence-corrected chi connectivity index (χ2v) is 39.0. The SMILES string of the molecule is Cc1cc(N)nc(C)c1CNC(=O)c1ccc2c(c1)C1(C)OC2c2cc(-c3ccc(F)cc3)ccc21.Cc1cc(N)nc(C)c1CNC(=O)c1ccc2c(c1)C1(C)OC2c2ccc(-c3ccc(F)cc3)cc21.Cc1cc(N)nc(C)c1CNC(=O)c1ccc2c(c1)C1OC2(C)c2cc(-c3ccc(F)cc3)ccc21.Cc1cc(N)nc(C)c1CNC(=O)c1ccc2c(c1)C1OC2(C)c2ccc(-c3ccc(F)cc3)cc21. The summed E-state index contributed by atoms with van der Waals surface area (Å²) in [5.74, 6) is 0.299. The summed E-state index contributed by atoms with van der Waals surface area (Å²) in [6.07, 6.45) is -0.825. The summed E-state index contributed by atoms with van der Waals surface area (Å²) in [7, 11) is 0. The number of aromatic nitrogens is 4. The Morgan fingerprint density at radius 2 is 0.451 bits per heavy atom. The lowest BCUT2D eigenvalue weighted by molar-refractivity contribution is 0.00880. The summed E-state index contributed by atoms with van der Waals surface area (Å²) >= 11 is 0. The highest BCUT2D eigenvalue weighted by Crippen LogP contribution is 2.63. The first-order chi connectivity index (χ1) is 69.0. The normalized spacial score (nSPS) is 19.2. The molecule has 8 unspecified atom stereocenters. The first kappa shape index (κ1) is 94.1. The first-order valence-corrected chi connectivity index (χ1v) is 47.9. The lowest BCUT2D eigenvalue weighted by Crippen LogP contribution is -2.26. The Balaban J connectivity index is 0.000000113. The number of benzene rings is 12. The van der Waals surface area contributed by atoms with E-state index in [0.717, 1.165) is 201 Å². The molecular formula is C120H104F4N12O8. The molecule has 8 aliphatic rings. The molecule has 4 amide bonds. The van der Waals surface area contributed by atoms with E-state index in [4.69, 9.17) is 41.9 Å². The molecule has 20 nitrogen and oxygen atoms in total. The number of carbonyl (C=O) groups is 4. The van der Waals surface area contributed by atoms with Gasteiger partial charge in [-0.05, 0) is 407 Å². The van der Waals surface area contributed by atoms with Crippen LogP contribution in [0.5, 0.6) is 0 Å². The minimum Gasteiger partial charge on any atom is -0.384 e. The number of hydrogen-bond donors (Lipinski definition) is 8. The monoisotopic (exact) mass is 1920 g/mol. The second-order valence-electron chi connectivity index (χ2n) is 39.0. The van der Waals surface area contributed by atoms with Crippen molar-refractivity contribution >= 4 is 46.9 Å². The summed E-state index contributed by atoms with van der Waals surface area (Å²) in [6.45, 7) is 25.2. The molecule has 0 spiro atoms. The molecule has 4 aromatic heterocycles. The Morgan fingerprint density at radius 3 is 0.736 bits per heavy atom. The standard InChI is InChI=1S/4C30H26FN3O2/c1-16-12-27(32)34-17(2)24(16)15-33-29(35)20-6-10-22-26(14-20)30(3)25-11-7-19(13-23(25)28(22)36-30)18-4-8-21(31)9-5-18;1-16-12-27(32)34-17(2)24(16)15-33-29(35)20-7-11-25-23(13-20)28-22-10-6-19(14-26(22)30(25,3)36-28)18-4-8-21(31)9-5-18;1-16-12-27(32)34-17(2)24(16)15-33-29(35)20-7-11-26-23(14-20)28-22-13-19(18-4-8-21(31)9-5-18)6-10-25(22)30(26,3)36-28;1-16-12-27(32)34-17(2)24(16)15-33-29(35)20-7-11-23-26(14-20)30(3)25-13-19(6-10-22(25)28(23)36-30)18-4-8-21(31)9-5-18/h4*4-14,28H,15H2,1-3H3,(H2,32,34)(H,33,35). The molecule has 8 bridgehead atoms. The highest BCUT2D eigenvalue weighted by molar-refractivity contribution is 5.97. The van der Waals surface area contributed by atoms with Crippen LogP contribution in [0, 0.1) is 78.7 Å². The molecule has 0 saturated heterocycles. The van der Waals surface area contributed by atoms with Crippen molar-refractivity contribution in [3.05, 3.63) is 469 Å². The van der Waals surface area contributed by atoms with Crippen molar-refractivity contribution in [2.24, 2.45) is 0 Å². The van der Waals surface area contributed by atoms with Gasteiger partial charge in [-0.15, -0.1) is 0 Å². The zero-order valence-electron chi connectivity index (χ0n) is 81.4. The van der Waals surface area contributed by atoms with Gasteiger partial charge >= 0.3 is 0 Å². The first-order valence-electron chi connectivity index (χ1n) is 47.9. The zero-order valence-corrected chi connectivity index (χ0v) is 81.4. The Morgan fingerprint density at radius 1 is 0.250 bits per heavy atom. The largest absolute Gasteiger partial charge is 0.384 e. The topological polar surface area (TPSA) is 309 Å². The summed E-state index contributed by atoms with van der Waals surface area (Å²) < 4.78 is 79.6. The number of nitrogens with two attached hydrogens (primary N) is 4. The molecule has 0 fully saturated rings. The summed E-state index contributed by atoms with van der Waals surface area (Å²) in [6, 6.07) is 81.6. The molecule has 144 heavy (non-hydrogen) atoms. The van der Waals surface area contributed by atoms with Crippen molar-refractivity contribution in [3.8, 4) is 44.5 Å². The number of nitrogen functional groups attached to an aromatic ring is 4. The van der Waals surface area contributed by atoms with Gasteiger partial charge in [-0.3, -0.25) is 19.2 Å². The van der Waals surface area contributed by atoms with Crippen molar-refractivity contribution in [1.29, 1.82) is 0 Å². The average Bonchev–Trinajstić information content (AvgIpc) is 1.55. The van der Waals surface area contributed by atoms with E-state index in [-0.39, 0.29) is 71.3 Å². The molecule has 0 aliphatic carbocycles. The smallest absolute Gasteiger partial charge is 0.251 e. The van der Waals surface area contributed by atoms with Crippen molar-refractivity contribution in [1.82, 2.24) is 41.2 Å². The highest BCUT2D eigenvalue weighted by atomic mass is 19.1. The fourth-order valence-electron chi connectivity index (χ4n) is 22.4. The van der Waals surface area contributed by atoms with Gasteiger partial charge in [0.1, 0.15) is 93.4 Å². The predicted molar refractivity (Wildman–Crippen MR) is 548 cm³/mol. The van der Waals surface area contributed by atoms with Gasteiger partial charge in [-0.1, -0.05) is 121 Å². The molecule has 16 aromatic rings. The van der Waals surface area contributed by atoms with Crippen LogP contribution in [0.1, 0.15) is 250 Å². The van der Waals surface area contributed by atoms with Gasteiger partial charge in [0.25, 0.3) is 23.6 Å². The molecule has 8 atom stereocenters. The van der Waals surface area contributed by atoms with Gasteiger partial charge in [-0.25, -0.2) is 37.5 Å². The minimum absolute atomic E-state index is 0.145. The fourth-order valence-corrected chi connectivity index (χ4v) is 22.4. The van der Waals surface area contributed by atoms with Gasteiger partial charge in [0.2, 0.25) is 0 Å². The van der Waals surface area contributed by atoms with Crippen molar-refractivity contribution < 1.29 is 55.7 Å². The molecular weight excluding hydrogens is 1810 g/mol. The maximum atomic E-state index is 13.4. The fraction of sp³-hybridized carbons (Fsp3) is 0.200. The highest BCUT2D eigenvalue weighted by Gasteiger charge is 2.56. The number of pyridine rings is 4. The van der Waals surface area contributed by atoms with E-state index in [1.165, 1.54) is 48.5 Å². The third-order valence-corrected chi connectivity index (χ3v) is 30.0. The van der Waals surface area contributed by atoms with Crippen LogP contribution >= 0.6 is 0 Å². The molecule has 12 N–H and O–H groups in total. The van der Waals surface area contributed by atoms with E-state index in [1.807, 2.05) is 165 Å². The number of ether oxygens (including phenoxy) is 4. The van der Waals surface area contributed by atoms with E-state index < -0.39 is 22.4 Å². The van der Waals surface area contributed by atoms with Crippen molar-refractivity contribution in [2.45, 2.75) is 156 Å². The van der Waals surface area contributed by atoms with E-state index in [9.17, 15) is 36.7 Å². The molecule has 12 heterocycles. The van der Waals surface area contributed by atoms with Crippen LogP contribution in [-0.4, -0.2) is 43.6 Å².